The Bertz CT molecular complexity index is 238. The molecule has 15 heavy (non-hydrogen) atoms. The number of amides is 2. The number of nitrogens with zero attached hydrogens (tertiary/aromatic N) is 1. The van der Waals surface area contributed by atoms with Crippen LogP contribution < -0.4 is 5.32 Å². The molecule has 1 fully saturated rings. The molecule has 0 aromatic rings. The molecule has 4 nitrogen and oxygen atoms in total. The van der Waals surface area contributed by atoms with Gasteiger partial charge in [0.25, 0.3) is 0 Å². The number of alkyl halides is 1. The second kappa shape index (κ2) is 5.95. The minimum Gasteiger partial charge on any atom is -0.359 e. The average molecular weight is 233 g/mol. The van der Waals surface area contributed by atoms with Crippen LogP contribution in [0.4, 0.5) is 0 Å². The third-order valence-electron chi connectivity index (χ3n) is 2.83. The summed E-state index contributed by atoms with van der Waals surface area (Å²) in [5, 5.41) is 2.62. The van der Waals surface area contributed by atoms with Crippen molar-refractivity contribution < 1.29 is 9.59 Å². The fraction of sp³-hybridized carbons (Fsp3) is 0.800. The Morgan fingerprint density at radius 1 is 1.40 bits per heavy atom. The predicted octanol–water partition coefficient (Wildman–Crippen LogP) is 0.600. The van der Waals surface area contributed by atoms with E-state index in [0.29, 0.717) is 12.3 Å². The van der Waals surface area contributed by atoms with E-state index in [2.05, 4.69) is 5.32 Å². The van der Waals surface area contributed by atoms with Crippen LogP contribution in [-0.2, 0) is 9.59 Å². The zero-order valence-electron chi connectivity index (χ0n) is 8.96. The molecule has 0 saturated carbocycles. The lowest BCUT2D eigenvalue weighted by Crippen LogP contribution is -2.40. The third kappa shape index (κ3) is 3.70. The van der Waals surface area contributed by atoms with Gasteiger partial charge in [-0.2, -0.15) is 0 Å². The van der Waals surface area contributed by atoms with E-state index in [4.69, 9.17) is 11.6 Å². The van der Waals surface area contributed by atoms with Crippen molar-refractivity contribution in [3.05, 3.63) is 0 Å². The van der Waals surface area contributed by atoms with E-state index in [-0.39, 0.29) is 17.7 Å². The second-order valence-electron chi connectivity index (χ2n) is 3.84. The van der Waals surface area contributed by atoms with Crippen molar-refractivity contribution in [2.24, 2.45) is 5.92 Å². The van der Waals surface area contributed by atoms with Crippen molar-refractivity contribution in [1.82, 2.24) is 10.2 Å². The number of halogens is 1. The van der Waals surface area contributed by atoms with E-state index >= 15 is 0 Å². The van der Waals surface area contributed by atoms with Gasteiger partial charge in [-0.1, -0.05) is 0 Å². The van der Waals surface area contributed by atoms with Crippen molar-refractivity contribution in [3.63, 3.8) is 0 Å². The average Bonchev–Trinajstić information content (AvgIpc) is 2.29. The summed E-state index contributed by atoms with van der Waals surface area (Å²) in [5.74, 6) is 0.539. The van der Waals surface area contributed by atoms with Crippen LogP contribution in [0.25, 0.3) is 0 Å². The first-order chi connectivity index (χ1) is 7.17. The highest BCUT2D eigenvalue weighted by Crippen LogP contribution is 2.20. The Morgan fingerprint density at radius 3 is 2.47 bits per heavy atom. The molecule has 1 aliphatic heterocycles. The normalized spacial score (nSPS) is 17.6. The number of nitrogens with one attached hydrogen (secondary N) is 1. The minimum atomic E-state index is -0.00457. The third-order valence-corrected chi connectivity index (χ3v) is 3.06. The molecule has 1 rings (SSSR count). The highest BCUT2D eigenvalue weighted by atomic mass is 35.5. The number of likely N-dealkylation sites (tertiary alicyclic amines) is 1. The first-order valence-electron chi connectivity index (χ1n) is 5.21. The van der Waals surface area contributed by atoms with Gasteiger partial charge >= 0.3 is 0 Å². The van der Waals surface area contributed by atoms with E-state index in [0.717, 1.165) is 25.9 Å². The standard InChI is InChI=1S/C10H17ClN2O2/c1-12-9(14)6-8-2-4-13(5-3-8)10(15)7-11/h8H,2-7H2,1H3,(H,12,14). The molecule has 0 unspecified atom stereocenters. The van der Waals surface area contributed by atoms with Gasteiger partial charge in [0.1, 0.15) is 5.88 Å². The minimum absolute atomic E-state index is 0.00457. The molecule has 1 saturated heterocycles. The zero-order chi connectivity index (χ0) is 11.3. The van der Waals surface area contributed by atoms with Crippen LogP contribution >= 0.6 is 11.6 Å². The van der Waals surface area contributed by atoms with Crippen molar-refractivity contribution in [1.29, 1.82) is 0 Å². The number of piperidine rings is 1. The lowest BCUT2D eigenvalue weighted by molar-refractivity contribution is -0.130. The summed E-state index contributed by atoms with van der Waals surface area (Å²) < 4.78 is 0. The molecule has 0 aliphatic carbocycles. The molecule has 0 radical (unpaired) electrons. The Kier molecular flexibility index (Phi) is 4.88. The van der Waals surface area contributed by atoms with Gasteiger partial charge in [0.2, 0.25) is 11.8 Å². The highest BCUT2D eigenvalue weighted by Gasteiger charge is 2.23. The van der Waals surface area contributed by atoms with E-state index < -0.39 is 0 Å². The number of carbonyl (C=O) groups excluding carboxylic acids is 2. The van der Waals surface area contributed by atoms with Crippen LogP contribution in [0.1, 0.15) is 19.3 Å². The molecular weight excluding hydrogens is 216 g/mol. The Morgan fingerprint density at radius 2 is 2.00 bits per heavy atom. The second-order valence-corrected chi connectivity index (χ2v) is 4.10. The molecule has 86 valence electrons. The van der Waals surface area contributed by atoms with Gasteiger partial charge in [-0.3, -0.25) is 9.59 Å². The molecule has 0 bridgehead atoms. The summed E-state index contributed by atoms with van der Waals surface area (Å²) >= 11 is 5.47. The van der Waals surface area contributed by atoms with Crippen LogP contribution in [0.2, 0.25) is 0 Å². The van der Waals surface area contributed by atoms with Crippen molar-refractivity contribution in [3.8, 4) is 0 Å². The summed E-state index contributed by atoms with van der Waals surface area (Å²) in [6.07, 6.45) is 2.37. The predicted molar refractivity (Wildman–Crippen MR) is 58.7 cm³/mol. The first-order valence-corrected chi connectivity index (χ1v) is 5.75. The fourth-order valence-corrected chi connectivity index (χ4v) is 2.00. The van der Waals surface area contributed by atoms with Crippen LogP contribution in [0, 0.1) is 5.92 Å². The summed E-state index contributed by atoms with van der Waals surface area (Å²) in [5.41, 5.74) is 0. The number of hydrogen-bond donors (Lipinski definition) is 1. The maximum atomic E-state index is 11.3. The Hall–Kier alpha value is -0.770. The van der Waals surface area contributed by atoms with E-state index in [1.54, 1.807) is 11.9 Å². The van der Waals surface area contributed by atoms with Gasteiger partial charge < -0.3 is 10.2 Å². The molecule has 1 N–H and O–H groups in total. The lowest BCUT2D eigenvalue weighted by atomic mass is 9.93. The molecule has 0 atom stereocenters. The maximum absolute atomic E-state index is 11.3. The molecule has 1 aliphatic rings. The Balaban J connectivity index is 2.29. The first kappa shape index (κ1) is 12.3. The maximum Gasteiger partial charge on any atom is 0.237 e. The van der Waals surface area contributed by atoms with E-state index in [9.17, 15) is 9.59 Å². The summed E-state index contributed by atoms with van der Waals surface area (Å²) in [4.78, 5) is 24.2. The van der Waals surface area contributed by atoms with Crippen molar-refractivity contribution >= 4 is 23.4 Å². The van der Waals surface area contributed by atoms with Gasteiger partial charge in [0.05, 0.1) is 0 Å². The fourth-order valence-electron chi connectivity index (χ4n) is 1.84. The van der Waals surface area contributed by atoms with Crippen molar-refractivity contribution in [2.75, 3.05) is 26.0 Å². The van der Waals surface area contributed by atoms with Crippen LogP contribution in [-0.4, -0.2) is 42.7 Å². The van der Waals surface area contributed by atoms with Gasteiger partial charge in [-0.25, -0.2) is 0 Å². The number of carbonyl (C=O) groups is 2. The number of rotatable bonds is 3. The molecule has 5 heteroatoms. The van der Waals surface area contributed by atoms with Gasteiger partial charge in [-0.05, 0) is 18.8 Å². The van der Waals surface area contributed by atoms with Gasteiger partial charge in [0.15, 0.2) is 0 Å². The van der Waals surface area contributed by atoms with Crippen LogP contribution in [0.5, 0.6) is 0 Å². The molecule has 0 aromatic carbocycles. The molecule has 0 aromatic heterocycles. The molecule has 1 heterocycles. The topological polar surface area (TPSA) is 49.4 Å². The smallest absolute Gasteiger partial charge is 0.237 e. The van der Waals surface area contributed by atoms with Crippen LogP contribution in [0.3, 0.4) is 0 Å². The molecule has 2 amide bonds. The van der Waals surface area contributed by atoms with Crippen LogP contribution in [0.15, 0.2) is 0 Å². The molecular formula is C10H17ClN2O2. The quantitative estimate of drug-likeness (QED) is 0.725. The van der Waals surface area contributed by atoms with Crippen molar-refractivity contribution in [2.45, 2.75) is 19.3 Å². The zero-order valence-corrected chi connectivity index (χ0v) is 9.72. The summed E-state index contributed by atoms with van der Waals surface area (Å²) in [7, 11) is 1.65. The van der Waals surface area contributed by atoms with Gasteiger partial charge in [-0.15, -0.1) is 11.6 Å². The lowest BCUT2D eigenvalue weighted by Gasteiger charge is -2.31. The largest absolute Gasteiger partial charge is 0.359 e. The number of hydrogen-bond acceptors (Lipinski definition) is 2. The van der Waals surface area contributed by atoms with Gasteiger partial charge in [0, 0.05) is 26.6 Å². The summed E-state index contributed by atoms with van der Waals surface area (Å²) in [6.45, 7) is 1.46. The highest BCUT2D eigenvalue weighted by molar-refractivity contribution is 6.27. The SMILES string of the molecule is CNC(=O)CC1CCN(C(=O)CCl)CC1. The van der Waals surface area contributed by atoms with E-state index in [1.165, 1.54) is 0 Å². The summed E-state index contributed by atoms with van der Waals surface area (Å²) in [6, 6.07) is 0. The Labute approximate surface area is 95.0 Å². The monoisotopic (exact) mass is 232 g/mol. The molecule has 0 spiro atoms. The van der Waals surface area contributed by atoms with E-state index in [1.807, 2.05) is 0 Å².